The molecule has 268 valence electrons. The molecular weight excluding hydrogens is 628 g/mol. The summed E-state index contributed by atoms with van der Waals surface area (Å²) in [6.07, 6.45) is 0.742. The number of ether oxygens (including phenoxy) is 4. The molecule has 0 saturated carbocycles. The number of alkyl carbamates (subject to hydrolysis) is 1. The van der Waals surface area contributed by atoms with Gasteiger partial charge in [0.25, 0.3) is 11.4 Å². The molecule has 0 aromatic heterocycles. The molecule has 0 heterocycles. The zero-order valence-electron chi connectivity index (χ0n) is 29.3. The normalized spacial score (nSPS) is 11.0. The first-order valence-corrected chi connectivity index (χ1v) is 15.3. The maximum Gasteiger partial charge on any atom is 0.519 e. The summed E-state index contributed by atoms with van der Waals surface area (Å²) in [5, 5.41) is 23.5. The topological polar surface area (TPSA) is 212 Å². The zero-order valence-corrected chi connectivity index (χ0v) is 29.3. The van der Waals surface area contributed by atoms with E-state index in [9.17, 15) is 34.6 Å². The van der Waals surface area contributed by atoms with E-state index in [0.717, 1.165) is 36.8 Å². The summed E-state index contributed by atoms with van der Waals surface area (Å²) < 4.78 is 18.9. The van der Waals surface area contributed by atoms with E-state index in [2.05, 4.69) is 10.1 Å². The number of hydrogen-bond donors (Lipinski definition) is 2. The van der Waals surface area contributed by atoms with E-state index in [1.807, 2.05) is 20.8 Å². The van der Waals surface area contributed by atoms with Gasteiger partial charge in [-0.15, -0.1) is 0 Å². The smallest absolute Gasteiger partial charge is 0.444 e. The summed E-state index contributed by atoms with van der Waals surface area (Å²) in [4.78, 5) is 53.4. The van der Waals surface area contributed by atoms with Gasteiger partial charge < -0.3 is 30.0 Å². The molecular formula is C33H50N4O11. The number of aryl methyl sites for hydroxylation is 2. The fourth-order valence-corrected chi connectivity index (χ4v) is 3.28. The van der Waals surface area contributed by atoms with Crippen molar-refractivity contribution in [1.82, 2.24) is 5.32 Å². The average molecular weight is 679 g/mol. The van der Waals surface area contributed by atoms with Crippen molar-refractivity contribution in [2.75, 3.05) is 13.1 Å². The highest BCUT2D eigenvalue weighted by Gasteiger charge is 2.24. The number of nitrogens with one attached hydrogen (secondary N) is 1. The summed E-state index contributed by atoms with van der Waals surface area (Å²) in [6, 6.07) is 13.0. The molecule has 3 N–H and O–H groups in total. The van der Waals surface area contributed by atoms with E-state index in [4.69, 9.17) is 19.9 Å². The summed E-state index contributed by atoms with van der Waals surface area (Å²) in [5.74, 6) is 0. The number of hydrogen-bond acceptors (Lipinski definition) is 12. The minimum Gasteiger partial charge on any atom is -0.444 e. The molecule has 48 heavy (non-hydrogen) atoms. The molecule has 0 spiro atoms. The van der Waals surface area contributed by atoms with E-state index in [-0.39, 0.29) is 11.4 Å². The van der Waals surface area contributed by atoms with Crippen LogP contribution in [0.3, 0.4) is 0 Å². The summed E-state index contributed by atoms with van der Waals surface area (Å²) in [7, 11) is 0. The van der Waals surface area contributed by atoms with Crippen LogP contribution in [0.2, 0.25) is 0 Å². The molecule has 0 aliphatic rings. The van der Waals surface area contributed by atoms with Crippen LogP contribution in [-0.2, 0) is 31.8 Å². The molecule has 1 amide bonds. The Kier molecular flexibility index (Phi) is 18.4. The molecule has 2 aromatic rings. The van der Waals surface area contributed by atoms with Crippen molar-refractivity contribution in [3.05, 3.63) is 79.9 Å². The van der Waals surface area contributed by atoms with Crippen LogP contribution < -0.4 is 11.1 Å². The second-order valence-electron chi connectivity index (χ2n) is 13.3. The Bertz CT molecular complexity index is 1280. The molecule has 0 unspecified atom stereocenters. The molecule has 0 radical (unpaired) electrons. The highest BCUT2D eigenvalue weighted by Crippen LogP contribution is 2.15. The van der Waals surface area contributed by atoms with Gasteiger partial charge in [0.05, 0.1) is 9.85 Å². The number of nitrogens with zero attached hydrogens (tertiary/aromatic N) is 2. The highest BCUT2D eigenvalue weighted by molar-refractivity contribution is 5.77. The molecule has 2 aromatic carbocycles. The SMILES string of the molecule is CC(C)(C)OC(=O)NCCCc1ccc([N+](=O)[O-])cc1.CC(C)(C)OC(=O)OC(=O)OC(C)(C)C.NCCCc1ccc([N+](=O)[O-])cc1. The Morgan fingerprint density at radius 3 is 1.31 bits per heavy atom. The van der Waals surface area contributed by atoms with Gasteiger partial charge >= 0.3 is 18.4 Å². The molecule has 0 fully saturated rings. The first-order chi connectivity index (χ1) is 22.0. The summed E-state index contributed by atoms with van der Waals surface area (Å²) in [5.41, 5.74) is 5.77. The van der Waals surface area contributed by atoms with Crippen molar-refractivity contribution >= 4 is 29.8 Å². The van der Waals surface area contributed by atoms with Gasteiger partial charge in [-0.05, 0) is 106 Å². The van der Waals surface area contributed by atoms with E-state index in [0.29, 0.717) is 13.1 Å². The van der Waals surface area contributed by atoms with Gasteiger partial charge in [-0.3, -0.25) is 20.2 Å². The maximum absolute atomic E-state index is 11.4. The zero-order chi connectivity index (χ0) is 37.1. The lowest BCUT2D eigenvalue weighted by molar-refractivity contribution is -0.385. The molecule has 0 aliphatic carbocycles. The van der Waals surface area contributed by atoms with Gasteiger partial charge in [0.1, 0.15) is 16.8 Å². The fraction of sp³-hybridized carbons (Fsp3) is 0.545. The molecule has 0 bridgehead atoms. The summed E-state index contributed by atoms with van der Waals surface area (Å²) >= 11 is 0. The van der Waals surface area contributed by atoms with Crippen LogP contribution in [0.25, 0.3) is 0 Å². The Labute approximate surface area is 281 Å². The second-order valence-corrected chi connectivity index (χ2v) is 13.3. The van der Waals surface area contributed by atoms with E-state index in [1.165, 1.54) is 24.3 Å². The minimum absolute atomic E-state index is 0.0839. The first-order valence-electron chi connectivity index (χ1n) is 15.3. The molecule has 2 rings (SSSR count). The van der Waals surface area contributed by atoms with Gasteiger partial charge in [0.15, 0.2) is 0 Å². The lowest BCUT2D eigenvalue weighted by Gasteiger charge is -2.20. The summed E-state index contributed by atoms with van der Waals surface area (Å²) in [6.45, 7) is 16.6. The maximum atomic E-state index is 11.4. The number of carbonyl (C=O) groups is 3. The van der Waals surface area contributed by atoms with Gasteiger partial charge in [-0.25, -0.2) is 14.4 Å². The Morgan fingerprint density at radius 1 is 0.646 bits per heavy atom. The monoisotopic (exact) mass is 678 g/mol. The lowest BCUT2D eigenvalue weighted by atomic mass is 10.1. The van der Waals surface area contributed by atoms with Crippen molar-refractivity contribution in [2.24, 2.45) is 5.73 Å². The number of benzene rings is 2. The number of nitro benzene ring substituents is 2. The largest absolute Gasteiger partial charge is 0.519 e. The highest BCUT2D eigenvalue weighted by atomic mass is 16.8. The molecule has 0 atom stereocenters. The van der Waals surface area contributed by atoms with Crippen molar-refractivity contribution in [1.29, 1.82) is 0 Å². The van der Waals surface area contributed by atoms with Crippen molar-refractivity contribution in [3.63, 3.8) is 0 Å². The fourth-order valence-electron chi connectivity index (χ4n) is 3.28. The third kappa shape index (κ3) is 23.5. The van der Waals surface area contributed by atoms with Crippen molar-refractivity contribution in [3.8, 4) is 0 Å². The Hall–Kier alpha value is -4.79. The van der Waals surface area contributed by atoms with Gasteiger partial charge in [-0.2, -0.15) is 0 Å². The third-order valence-electron chi connectivity index (χ3n) is 5.22. The first kappa shape index (κ1) is 43.2. The number of rotatable bonds is 9. The standard InChI is InChI=1S/C14H20N2O4.C10H18O5.C9H12N2O2/c1-14(2,3)20-13(17)15-10-4-5-11-6-8-12(9-7-11)16(18)19;1-9(2,3)14-7(11)13-8(12)15-10(4,5)6;10-7-1-2-8-3-5-9(6-4-8)11(12)13/h6-9H,4-5,10H2,1-3H3,(H,15,17);1-6H3;3-6H,1-2,7,10H2. The number of amides is 1. The van der Waals surface area contributed by atoms with Crippen LogP contribution in [0.1, 0.15) is 86.3 Å². The molecule has 15 nitrogen and oxygen atoms in total. The van der Waals surface area contributed by atoms with Crippen LogP contribution in [0.5, 0.6) is 0 Å². The van der Waals surface area contributed by atoms with E-state index < -0.39 is 45.1 Å². The molecule has 0 saturated heterocycles. The number of non-ortho nitro benzene ring substituents is 2. The quantitative estimate of drug-likeness (QED) is 0.0662. The third-order valence-corrected chi connectivity index (χ3v) is 5.22. The minimum atomic E-state index is -1.06. The van der Waals surface area contributed by atoms with Crippen LogP contribution in [0.15, 0.2) is 48.5 Å². The predicted octanol–water partition coefficient (Wildman–Crippen LogP) is 7.41. The number of nitro groups is 2. The van der Waals surface area contributed by atoms with Crippen LogP contribution >= 0.6 is 0 Å². The van der Waals surface area contributed by atoms with Gasteiger partial charge in [0, 0.05) is 30.8 Å². The van der Waals surface area contributed by atoms with Crippen molar-refractivity contribution in [2.45, 2.75) is 105 Å². The molecule has 15 heteroatoms. The number of nitrogens with two attached hydrogens (primary N) is 1. The Balaban J connectivity index is 0.000000710. The number of carbonyl (C=O) groups excluding carboxylic acids is 3. The average Bonchev–Trinajstić information content (AvgIpc) is 2.92. The van der Waals surface area contributed by atoms with Crippen LogP contribution in [-0.4, -0.2) is 58.1 Å². The predicted molar refractivity (Wildman–Crippen MR) is 180 cm³/mol. The van der Waals surface area contributed by atoms with E-state index >= 15 is 0 Å². The molecule has 0 aliphatic heterocycles. The van der Waals surface area contributed by atoms with Crippen molar-refractivity contribution < 1.29 is 43.2 Å². The second kappa shape index (κ2) is 20.4. The van der Waals surface area contributed by atoms with E-state index in [1.54, 1.807) is 65.8 Å². The van der Waals surface area contributed by atoms with Gasteiger partial charge in [-0.1, -0.05) is 24.3 Å². The Morgan fingerprint density at radius 2 is 1.00 bits per heavy atom. The van der Waals surface area contributed by atoms with Crippen LogP contribution in [0, 0.1) is 20.2 Å². The lowest BCUT2D eigenvalue weighted by Crippen LogP contribution is -2.33. The van der Waals surface area contributed by atoms with Crippen LogP contribution in [0.4, 0.5) is 25.8 Å². The van der Waals surface area contributed by atoms with Gasteiger partial charge in [0.2, 0.25) is 0 Å².